The van der Waals surface area contributed by atoms with Gasteiger partial charge in [-0.3, -0.25) is 28.8 Å². The minimum atomic E-state index is -0.741. The molecule has 0 radical (unpaired) electrons. The third-order valence-corrected chi connectivity index (χ3v) is 2.96. The van der Waals surface area contributed by atoms with Crippen LogP contribution in [0.2, 0.25) is 0 Å². The Morgan fingerprint density at radius 1 is 0.278 bits per heavy atom. The van der Waals surface area contributed by atoms with Gasteiger partial charge < -0.3 is 30.6 Å². The zero-order valence-electron chi connectivity index (χ0n) is 23.6. The Labute approximate surface area is 214 Å². The standard InChI is InChI=1S/6C4H8O2/c6*1-3(2)4(5)6/h6*3H,1-2H3,(H,5,6). The van der Waals surface area contributed by atoms with Crippen molar-refractivity contribution in [1.29, 1.82) is 0 Å². The highest BCUT2D eigenvalue weighted by atomic mass is 16.4. The molecular weight excluding hydrogens is 480 g/mol. The van der Waals surface area contributed by atoms with Crippen molar-refractivity contribution in [3.63, 3.8) is 0 Å². The molecule has 0 fully saturated rings. The van der Waals surface area contributed by atoms with Gasteiger partial charge in [0.2, 0.25) is 0 Å². The van der Waals surface area contributed by atoms with Crippen molar-refractivity contribution < 1.29 is 59.4 Å². The van der Waals surface area contributed by atoms with Gasteiger partial charge in [-0.1, -0.05) is 83.1 Å². The second-order valence-electron chi connectivity index (χ2n) is 8.96. The van der Waals surface area contributed by atoms with E-state index in [1.807, 2.05) is 0 Å². The normalized spacial score (nSPS) is 9.17. The number of aliphatic carboxylic acids is 6. The molecule has 0 aromatic heterocycles. The van der Waals surface area contributed by atoms with E-state index in [1.54, 1.807) is 83.1 Å². The van der Waals surface area contributed by atoms with Crippen molar-refractivity contribution in [2.45, 2.75) is 83.1 Å². The second-order valence-corrected chi connectivity index (χ2v) is 8.96. The van der Waals surface area contributed by atoms with E-state index in [9.17, 15) is 28.8 Å². The van der Waals surface area contributed by atoms with Crippen molar-refractivity contribution in [1.82, 2.24) is 0 Å². The summed E-state index contributed by atoms with van der Waals surface area (Å²) in [4.78, 5) is 58.2. The summed E-state index contributed by atoms with van der Waals surface area (Å²) in [6.45, 7) is 19.7. The molecule has 0 bridgehead atoms. The van der Waals surface area contributed by atoms with Crippen LogP contribution in [0.5, 0.6) is 0 Å². The molecule has 0 aliphatic heterocycles. The Balaban J connectivity index is -0.0000000750. The van der Waals surface area contributed by atoms with Crippen LogP contribution >= 0.6 is 0 Å². The topological polar surface area (TPSA) is 224 Å². The van der Waals surface area contributed by atoms with Crippen LogP contribution in [-0.4, -0.2) is 66.5 Å². The molecule has 216 valence electrons. The molecule has 0 rings (SSSR count). The Hall–Kier alpha value is -3.18. The van der Waals surface area contributed by atoms with Crippen LogP contribution in [-0.2, 0) is 28.8 Å². The van der Waals surface area contributed by atoms with E-state index in [0.717, 1.165) is 0 Å². The molecule has 0 atom stereocenters. The number of carbonyl (C=O) groups is 6. The monoisotopic (exact) mass is 528 g/mol. The Morgan fingerprint density at radius 3 is 0.306 bits per heavy atom. The molecule has 36 heavy (non-hydrogen) atoms. The SMILES string of the molecule is CC(C)C(=O)O.CC(C)C(=O)O.CC(C)C(=O)O.CC(C)C(=O)O.CC(C)C(=O)O.CC(C)C(=O)O. The first kappa shape index (κ1) is 46.2. The fraction of sp³-hybridized carbons (Fsp3) is 0.750. The quantitative estimate of drug-likeness (QED) is 0.283. The average molecular weight is 529 g/mol. The summed E-state index contributed by atoms with van der Waals surface area (Å²) >= 11 is 0. The maximum absolute atomic E-state index is 9.70. The van der Waals surface area contributed by atoms with E-state index in [2.05, 4.69) is 0 Å². The summed E-state index contributed by atoms with van der Waals surface area (Å²) < 4.78 is 0. The maximum Gasteiger partial charge on any atom is 0.305 e. The minimum Gasteiger partial charge on any atom is -0.481 e. The number of carboxylic acid groups (broad SMARTS) is 6. The van der Waals surface area contributed by atoms with Gasteiger partial charge in [0.15, 0.2) is 0 Å². The van der Waals surface area contributed by atoms with E-state index in [0.29, 0.717) is 0 Å². The van der Waals surface area contributed by atoms with Crippen LogP contribution in [0.15, 0.2) is 0 Å². The molecule has 0 aliphatic carbocycles. The highest BCUT2D eigenvalue weighted by molar-refractivity contribution is 5.70. The number of carboxylic acids is 6. The Bertz CT molecular complexity index is 479. The van der Waals surface area contributed by atoms with Crippen molar-refractivity contribution in [2.75, 3.05) is 0 Å². The molecule has 0 aromatic rings. The first-order valence-corrected chi connectivity index (χ1v) is 11.2. The van der Waals surface area contributed by atoms with Crippen LogP contribution in [0, 0.1) is 35.5 Å². The van der Waals surface area contributed by atoms with Crippen LogP contribution in [0.1, 0.15) is 83.1 Å². The Morgan fingerprint density at radius 2 is 0.306 bits per heavy atom. The lowest BCUT2D eigenvalue weighted by molar-refractivity contribution is -0.141. The predicted molar refractivity (Wildman–Crippen MR) is 135 cm³/mol. The Kier molecular flexibility index (Phi) is 36.0. The van der Waals surface area contributed by atoms with Gasteiger partial charge >= 0.3 is 35.8 Å². The molecule has 12 nitrogen and oxygen atoms in total. The zero-order valence-corrected chi connectivity index (χ0v) is 23.6. The van der Waals surface area contributed by atoms with E-state index in [1.165, 1.54) is 0 Å². The predicted octanol–water partition coefficient (Wildman–Crippen LogP) is 4.36. The van der Waals surface area contributed by atoms with Crippen molar-refractivity contribution >= 4 is 35.8 Å². The van der Waals surface area contributed by atoms with E-state index >= 15 is 0 Å². The summed E-state index contributed by atoms with van der Waals surface area (Å²) in [6.07, 6.45) is 0. The molecular formula is C24H48O12. The first-order chi connectivity index (χ1) is 15.9. The van der Waals surface area contributed by atoms with Crippen LogP contribution < -0.4 is 0 Å². The average Bonchev–Trinajstić information content (AvgIpc) is 2.69. The molecule has 0 heterocycles. The molecule has 0 saturated carbocycles. The minimum absolute atomic E-state index is 0.231. The van der Waals surface area contributed by atoms with Crippen LogP contribution in [0.3, 0.4) is 0 Å². The van der Waals surface area contributed by atoms with Gasteiger partial charge in [0.25, 0.3) is 0 Å². The van der Waals surface area contributed by atoms with Crippen LogP contribution in [0.25, 0.3) is 0 Å². The highest BCUT2D eigenvalue weighted by Crippen LogP contribution is 1.89. The largest absolute Gasteiger partial charge is 0.481 e. The third kappa shape index (κ3) is 63.2. The van der Waals surface area contributed by atoms with Gasteiger partial charge in [-0.15, -0.1) is 0 Å². The molecule has 0 saturated heterocycles. The molecule has 0 unspecified atom stereocenters. The summed E-state index contributed by atoms with van der Waals surface area (Å²) in [5.41, 5.74) is 0. The summed E-state index contributed by atoms with van der Waals surface area (Å²) in [7, 11) is 0. The third-order valence-electron chi connectivity index (χ3n) is 2.96. The van der Waals surface area contributed by atoms with E-state index < -0.39 is 35.8 Å². The van der Waals surface area contributed by atoms with Gasteiger partial charge in [0, 0.05) is 0 Å². The van der Waals surface area contributed by atoms with Crippen molar-refractivity contribution in [3.05, 3.63) is 0 Å². The zero-order chi connectivity index (χ0) is 30.9. The summed E-state index contributed by atoms with van der Waals surface area (Å²) in [6, 6.07) is 0. The van der Waals surface area contributed by atoms with Gasteiger partial charge in [-0.05, 0) is 0 Å². The molecule has 0 aliphatic rings. The van der Waals surface area contributed by atoms with Gasteiger partial charge in [-0.25, -0.2) is 0 Å². The summed E-state index contributed by atoms with van der Waals surface area (Å²) in [5.74, 6) is -5.83. The fourth-order valence-electron chi connectivity index (χ4n) is 0. The van der Waals surface area contributed by atoms with Crippen molar-refractivity contribution in [3.8, 4) is 0 Å². The number of hydrogen-bond acceptors (Lipinski definition) is 6. The fourth-order valence-corrected chi connectivity index (χ4v) is 0. The lowest BCUT2D eigenvalue weighted by Gasteiger charge is -1.89. The van der Waals surface area contributed by atoms with E-state index in [-0.39, 0.29) is 35.5 Å². The van der Waals surface area contributed by atoms with Crippen LogP contribution in [0.4, 0.5) is 0 Å². The molecule has 0 spiro atoms. The summed E-state index contributed by atoms with van der Waals surface area (Å²) in [5, 5.41) is 47.9. The van der Waals surface area contributed by atoms with Crippen molar-refractivity contribution in [2.24, 2.45) is 35.5 Å². The highest BCUT2D eigenvalue weighted by Gasteiger charge is 2.01. The van der Waals surface area contributed by atoms with Gasteiger partial charge in [0.1, 0.15) is 0 Å². The molecule has 0 amide bonds. The smallest absolute Gasteiger partial charge is 0.305 e. The molecule has 6 N–H and O–H groups in total. The number of hydrogen-bond donors (Lipinski definition) is 6. The molecule has 12 heteroatoms. The van der Waals surface area contributed by atoms with E-state index in [4.69, 9.17) is 30.6 Å². The van der Waals surface area contributed by atoms with Gasteiger partial charge in [0.05, 0.1) is 35.5 Å². The first-order valence-electron chi connectivity index (χ1n) is 11.2. The van der Waals surface area contributed by atoms with Gasteiger partial charge in [-0.2, -0.15) is 0 Å². The number of rotatable bonds is 6. The lowest BCUT2D eigenvalue weighted by atomic mass is 10.2. The lowest BCUT2D eigenvalue weighted by Crippen LogP contribution is -2.03. The maximum atomic E-state index is 9.70. The second kappa shape index (κ2) is 28.1. The molecule has 0 aromatic carbocycles.